The molecule has 1 aliphatic heterocycles. The average Bonchev–Trinajstić information content (AvgIpc) is 2.81. The molecule has 116 valence electrons. The lowest BCUT2D eigenvalue weighted by Crippen LogP contribution is -2.27. The molecule has 1 N–H and O–H groups in total. The van der Waals surface area contributed by atoms with Crippen molar-refractivity contribution in [1.82, 2.24) is 10.3 Å². The number of aromatic nitrogens is 1. The summed E-state index contributed by atoms with van der Waals surface area (Å²) in [6, 6.07) is 3.81. The Balaban J connectivity index is 1.87. The van der Waals surface area contributed by atoms with Crippen LogP contribution in [-0.4, -0.2) is 44.2 Å². The van der Waals surface area contributed by atoms with E-state index in [9.17, 15) is 4.79 Å². The van der Waals surface area contributed by atoms with E-state index in [1.807, 2.05) is 18.3 Å². The van der Waals surface area contributed by atoms with Crippen LogP contribution in [0.5, 0.6) is 0 Å². The average molecular weight is 291 g/mol. The van der Waals surface area contributed by atoms with Crippen molar-refractivity contribution in [2.45, 2.75) is 32.1 Å². The van der Waals surface area contributed by atoms with E-state index in [0.29, 0.717) is 18.8 Å². The Bertz CT molecular complexity index is 426. The highest BCUT2D eigenvalue weighted by Crippen LogP contribution is 2.18. The molecule has 21 heavy (non-hydrogen) atoms. The summed E-state index contributed by atoms with van der Waals surface area (Å²) in [5.74, 6) is -0.117. The van der Waals surface area contributed by atoms with Gasteiger partial charge >= 0.3 is 0 Å². The van der Waals surface area contributed by atoms with Gasteiger partial charge in [0, 0.05) is 33.4 Å². The zero-order valence-electron chi connectivity index (χ0n) is 12.8. The van der Waals surface area contributed by atoms with Gasteiger partial charge in [0.25, 0.3) is 5.91 Å². The standard InChI is InChI=1S/C16H25N3O2/c1-21-12-6-9-17-16(20)15-8-7-14(13-18-15)19-10-4-2-3-5-11-19/h7-8,13H,2-6,9-12H2,1H3,(H,17,20). The van der Waals surface area contributed by atoms with Crippen LogP contribution in [0.4, 0.5) is 5.69 Å². The van der Waals surface area contributed by atoms with E-state index < -0.39 is 0 Å². The molecular formula is C16H25N3O2. The number of hydrogen-bond acceptors (Lipinski definition) is 4. The molecule has 1 fully saturated rings. The highest BCUT2D eigenvalue weighted by atomic mass is 16.5. The molecule has 0 unspecified atom stereocenters. The molecule has 1 saturated heterocycles. The van der Waals surface area contributed by atoms with E-state index in [4.69, 9.17) is 4.74 Å². The molecule has 0 aliphatic carbocycles. The largest absolute Gasteiger partial charge is 0.385 e. The van der Waals surface area contributed by atoms with Gasteiger partial charge in [-0.25, -0.2) is 4.98 Å². The van der Waals surface area contributed by atoms with Crippen molar-refractivity contribution in [2.24, 2.45) is 0 Å². The maximum absolute atomic E-state index is 11.9. The van der Waals surface area contributed by atoms with Crippen LogP contribution >= 0.6 is 0 Å². The van der Waals surface area contributed by atoms with Gasteiger partial charge in [0.2, 0.25) is 0 Å². The lowest BCUT2D eigenvalue weighted by Gasteiger charge is -2.22. The van der Waals surface area contributed by atoms with Gasteiger partial charge in [-0.2, -0.15) is 0 Å². The molecule has 1 aromatic rings. The van der Waals surface area contributed by atoms with Crippen LogP contribution in [0.25, 0.3) is 0 Å². The van der Waals surface area contributed by atoms with Gasteiger partial charge in [-0.3, -0.25) is 4.79 Å². The fraction of sp³-hybridized carbons (Fsp3) is 0.625. The van der Waals surface area contributed by atoms with E-state index in [-0.39, 0.29) is 5.91 Å². The second kappa shape index (κ2) is 8.62. The molecule has 1 amide bonds. The predicted octanol–water partition coefficient (Wildman–Crippen LogP) is 2.23. The second-order valence-electron chi connectivity index (χ2n) is 5.41. The van der Waals surface area contributed by atoms with Gasteiger partial charge in [-0.05, 0) is 31.4 Å². The zero-order chi connectivity index (χ0) is 14.9. The molecule has 0 bridgehead atoms. The Morgan fingerprint density at radius 3 is 2.67 bits per heavy atom. The summed E-state index contributed by atoms with van der Waals surface area (Å²) in [4.78, 5) is 18.6. The summed E-state index contributed by atoms with van der Waals surface area (Å²) in [5, 5.41) is 2.85. The summed E-state index contributed by atoms with van der Waals surface area (Å²) in [6.45, 7) is 3.44. The Hall–Kier alpha value is -1.62. The van der Waals surface area contributed by atoms with Gasteiger partial charge in [0.1, 0.15) is 5.69 Å². The minimum Gasteiger partial charge on any atom is -0.385 e. The molecule has 0 aromatic carbocycles. The molecule has 5 nitrogen and oxygen atoms in total. The first kappa shape index (κ1) is 15.8. The van der Waals surface area contributed by atoms with E-state index in [2.05, 4.69) is 15.2 Å². The smallest absolute Gasteiger partial charge is 0.269 e. The van der Waals surface area contributed by atoms with Crippen LogP contribution in [0.1, 0.15) is 42.6 Å². The first-order valence-electron chi connectivity index (χ1n) is 7.79. The number of carbonyl (C=O) groups is 1. The molecular weight excluding hydrogens is 266 g/mol. The van der Waals surface area contributed by atoms with Gasteiger partial charge in [-0.1, -0.05) is 12.8 Å². The first-order valence-corrected chi connectivity index (χ1v) is 7.79. The summed E-state index contributed by atoms with van der Waals surface area (Å²) < 4.78 is 4.95. The lowest BCUT2D eigenvalue weighted by molar-refractivity contribution is 0.0943. The number of amides is 1. The quantitative estimate of drug-likeness (QED) is 0.817. The van der Waals surface area contributed by atoms with Crippen molar-refractivity contribution in [1.29, 1.82) is 0 Å². The molecule has 2 rings (SSSR count). The van der Waals surface area contributed by atoms with Crippen molar-refractivity contribution in [2.75, 3.05) is 38.3 Å². The summed E-state index contributed by atoms with van der Waals surface area (Å²) in [5.41, 5.74) is 1.60. The number of ether oxygens (including phenoxy) is 1. The van der Waals surface area contributed by atoms with E-state index in [1.54, 1.807) is 7.11 Å². The van der Waals surface area contributed by atoms with Crippen molar-refractivity contribution in [3.8, 4) is 0 Å². The van der Waals surface area contributed by atoms with Crippen LogP contribution in [-0.2, 0) is 4.74 Å². The van der Waals surface area contributed by atoms with Crippen LogP contribution in [0.2, 0.25) is 0 Å². The number of nitrogens with zero attached hydrogens (tertiary/aromatic N) is 2. The van der Waals surface area contributed by atoms with Gasteiger partial charge < -0.3 is 15.0 Å². The normalized spacial score (nSPS) is 15.6. The topological polar surface area (TPSA) is 54.5 Å². The SMILES string of the molecule is COCCCNC(=O)c1ccc(N2CCCCCC2)cn1. The monoisotopic (exact) mass is 291 g/mol. The third-order valence-electron chi connectivity index (χ3n) is 3.76. The number of carbonyl (C=O) groups excluding carboxylic acids is 1. The molecule has 0 radical (unpaired) electrons. The number of pyridine rings is 1. The van der Waals surface area contributed by atoms with Crippen molar-refractivity contribution in [3.05, 3.63) is 24.0 Å². The van der Waals surface area contributed by atoms with Gasteiger partial charge in [-0.15, -0.1) is 0 Å². The first-order chi connectivity index (χ1) is 10.3. The van der Waals surface area contributed by atoms with Crippen LogP contribution in [0, 0.1) is 0 Å². The maximum Gasteiger partial charge on any atom is 0.269 e. The Labute approximate surface area is 126 Å². The number of anilines is 1. The number of methoxy groups -OCH3 is 1. The van der Waals surface area contributed by atoms with Crippen LogP contribution in [0.15, 0.2) is 18.3 Å². The number of rotatable bonds is 6. The molecule has 0 saturated carbocycles. The van der Waals surface area contributed by atoms with E-state index in [1.165, 1.54) is 25.7 Å². The minimum atomic E-state index is -0.117. The molecule has 0 atom stereocenters. The zero-order valence-corrected chi connectivity index (χ0v) is 12.8. The highest BCUT2D eigenvalue weighted by Gasteiger charge is 2.12. The lowest BCUT2D eigenvalue weighted by atomic mass is 10.2. The predicted molar refractivity (Wildman–Crippen MR) is 83.7 cm³/mol. The number of hydrogen-bond donors (Lipinski definition) is 1. The van der Waals surface area contributed by atoms with Crippen LogP contribution in [0.3, 0.4) is 0 Å². The third-order valence-corrected chi connectivity index (χ3v) is 3.76. The van der Waals surface area contributed by atoms with Crippen molar-refractivity contribution < 1.29 is 9.53 Å². The summed E-state index contributed by atoms with van der Waals surface area (Å²) >= 11 is 0. The molecule has 2 heterocycles. The van der Waals surface area contributed by atoms with Gasteiger partial charge in [0.05, 0.1) is 11.9 Å². The number of nitrogens with one attached hydrogen (secondary N) is 1. The summed E-state index contributed by atoms with van der Waals surface area (Å²) in [7, 11) is 1.66. The third kappa shape index (κ3) is 5.01. The molecule has 1 aromatic heterocycles. The highest BCUT2D eigenvalue weighted by molar-refractivity contribution is 5.92. The summed E-state index contributed by atoms with van der Waals surface area (Å²) in [6.07, 6.45) is 7.73. The fourth-order valence-corrected chi connectivity index (χ4v) is 2.55. The maximum atomic E-state index is 11.9. The fourth-order valence-electron chi connectivity index (χ4n) is 2.55. The van der Waals surface area contributed by atoms with Crippen molar-refractivity contribution >= 4 is 11.6 Å². The molecule has 0 spiro atoms. The van der Waals surface area contributed by atoms with Gasteiger partial charge in [0.15, 0.2) is 0 Å². The van der Waals surface area contributed by atoms with E-state index in [0.717, 1.165) is 25.2 Å². The second-order valence-corrected chi connectivity index (χ2v) is 5.41. The Morgan fingerprint density at radius 2 is 2.05 bits per heavy atom. The Morgan fingerprint density at radius 1 is 1.29 bits per heavy atom. The Kier molecular flexibility index (Phi) is 6.47. The van der Waals surface area contributed by atoms with Crippen molar-refractivity contribution in [3.63, 3.8) is 0 Å². The van der Waals surface area contributed by atoms with Crippen LogP contribution < -0.4 is 10.2 Å². The molecule has 1 aliphatic rings. The molecule has 5 heteroatoms. The minimum absolute atomic E-state index is 0.117. The van der Waals surface area contributed by atoms with E-state index >= 15 is 0 Å².